The fourth-order valence-corrected chi connectivity index (χ4v) is 3.21. The van der Waals surface area contributed by atoms with E-state index in [4.69, 9.17) is 4.74 Å². The number of aliphatic imine (C=N–C) groups is 1. The number of aliphatic hydroxyl groups excluding tert-OH is 1. The van der Waals surface area contributed by atoms with Gasteiger partial charge in [0.25, 0.3) is 0 Å². The van der Waals surface area contributed by atoms with Gasteiger partial charge in [-0.3, -0.25) is 4.99 Å². The van der Waals surface area contributed by atoms with E-state index in [1.807, 2.05) is 0 Å². The Bertz CT molecular complexity index is 358. The Hall–Kier alpha value is -0.810. The first-order valence-electron chi connectivity index (χ1n) is 9.51. The molecule has 3 atom stereocenters. The number of guanidine groups is 1. The number of aliphatic hydroxyl groups is 1. The van der Waals surface area contributed by atoms with Crippen molar-refractivity contribution in [1.82, 2.24) is 10.6 Å². The molecule has 3 unspecified atom stereocenters. The lowest BCUT2D eigenvalue weighted by Crippen LogP contribution is -2.45. The van der Waals surface area contributed by atoms with Crippen LogP contribution < -0.4 is 10.6 Å². The van der Waals surface area contributed by atoms with Crippen molar-refractivity contribution >= 4 is 5.96 Å². The Labute approximate surface area is 141 Å². The van der Waals surface area contributed by atoms with Gasteiger partial charge in [0.05, 0.1) is 19.3 Å². The van der Waals surface area contributed by atoms with Crippen molar-refractivity contribution in [3.8, 4) is 0 Å². The van der Waals surface area contributed by atoms with Crippen LogP contribution in [0.2, 0.25) is 0 Å². The monoisotopic (exact) mass is 325 g/mol. The summed E-state index contributed by atoms with van der Waals surface area (Å²) in [7, 11) is 0. The van der Waals surface area contributed by atoms with Gasteiger partial charge in [-0.25, -0.2) is 0 Å². The number of hydrogen-bond donors (Lipinski definition) is 3. The molecule has 0 radical (unpaired) electrons. The maximum absolute atomic E-state index is 10.00. The number of ether oxygens (including phenoxy) is 1. The molecule has 2 fully saturated rings. The Kier molecular flexibility index (Phi) is 8.17. The molecule has 0 saturated heterocycles. The van der Waals surface area contributed by atoms with Crippen molar-refractivity contribution < 1.29 is 9.84 Å². The van der Waals surface area contributed by atoms with E-state index in [9.17, 15) is 5.11 Å². The molecule has 5 nitrogen and oxygen atoms in total. The highest BCUT2D eigenvalue weighted by Crippen LogP contribution is 2.28. The number of nitrogens with zero attached hydrogens (tertiary/aromatic N) is 1. The van der Waals surface area contributed by atoms with Crippen LogP contribution in [0, 0.1) is 11.8 Å². The van der Waals surface area contributed by atoms with E-state index >= 15 is 0 Å². The normalized spacial score (nSPS) is 26.8. The highest BCUT2D eigenvalue weighted by Gasteiger charge is 2.22. The maximum Gasteiger partial charge on any atom is 0.191 e. The highest BCUT2D eigenvalue weighted by molar-refractivity contribution is 5.80. The molecular weight excluding hydrogens is 290 g/mol. The second-order valence-electron chi connectivity index (χ2n) is 7.14. The van der Waals surface area contributed by atoms with Crippen LogP contribution in [-0.4, -0.2) is 49.5 Å². The minimum atomic E-state index is -0.515. The first kappa shape index (κ1) is 18.5. The summed E-state index contributed by atoms with van der Waals surface area (Å²) in [6.45, 7) is 6.76. The van der Waals surface area contributed by atoms with E-state index in [2.05, 4.69) is 29.5 Å². The molecule has 2 aliphatic rings. The van der Waals surface area contributed by atoms with Crippen LogP contribution in [0.15, 0.2) is 4.99 Å². The smallest absolute Gasteiger partial charge is 0.191 e. The second kappa shape index (κ2) is 10.1. The summed E-state index contributed by atoms with van der Waals surface area (Å²) < 4.78 is 5.53. The largest absolute Gasteiger partial charge is 0.389 e. The summed E-state index contributed by atoms with van der Waals surface area (Å²) in [4.78, 5) is 4.54. The van der Waals surface area contributed by atoms with Crippen molar-refractivity contribution in [1.29, 1.82) is 0 Å². The number of hydrogen-bond acceptors (Lipinski definition) is 3. The van der Waals surface area contributed by atoms with Crippen LogP contribution >= 0.6 is 0 Å². The lowest BCUT2D eigenvalue weighted by atomic mass is 9.84. The van der Waals surface area contributed by atoms with Crippen LogP contribution in [0.25, 0.3) is 0 Å². The van der Waals surface area contributed by atoms with Crippen LogP contribution in [0.3, 0.4) is 0 Å². The molecule has 0 aromatic rings. The molecule has 0 aromatic carbocycles. The van der Waals surface area contributed by atoms with E-state index in [0.717, 1.165) is 30.9 Å². The van der Waals surface area contributed by atoms with Gasteiger partial charge in [-0.15, -0.1) is 0 Å². The van der Waals surface area contributed by atoms with Crippen molar-refractivity contribution in [2.24, 2.45) is 16.8 Å². The van der Waals surface area contributed by atoms with Crippen LogP contribution in [0.4, 0.5) is 0 Å². The minimum absolute atomic E-state index is 0.390. The SMILES string of the molecule is CCNC(=NCC(O)COCC1CC1)NC1CCCC(CC)C1. The third-order valence-electron chi connectivity index (χ3n) is 4.87. The molecule has 0 amide bonds. The standard InChI is InChI=1S/C18H35N3O2/c1-3-14-6-5-7-16(10-14)21-18(19-4-2)20-11-17(22)13-23-12-15-8-9-15/h14-17,22H,3-13H2,1-2H3,(H2,19,20,21). The van der Waals surface area contributed by atoms with Crippen LogP contribution in [0.5, 0.6) is 0 Å². The summed E-state index contributed by atoms with van der Waals surface area (Å²) >= 11 is 0. The average Bonchev–Trinajstić information content (AvgIpc) is 3.37. The number of nitrogens with one attached hydrogen (secondary N) is 2. The lowest BCUT2D eigenvalue weighted by Gasteiger charge is -2.30. The number of rotatable bonds is 9. The predicted molar refractivity (Wildman–Crippen MR) is 94.7 cm³/mol. The summed E-state index contributed by atoms with van der Waals surface area (Å²) in [6, 6.07) is 0.509. The summed E-state index contributed by atoms with van der Waals surface area (Å²) in [6.07, 6.45) is 8.42. The fourth-order valence-electron chi connectivity index (χ4n) is 3.21. The molecule has 3 N–H and O–H groups in total. The van der Waals surface area contributed by atoms with E-state index < -0.39 is 6.10 Å². The molecule has 23 heavy (non-hydrogen) atoms. The molecule has 2 saturated carbocycles. The highest BCUT2D eigenvalue weighted by atomic mass is 16.5. The summed E-state index contributed by atoms with van der Waals surface area (Å²) in [5.41, 5.74) is 0. The molecule has 5 heteroatoms. The molecule has 0 spiro atoms. The Morgan fingerprint density at radius 2 is 2.04 bits per heavy atom. The molecule has 134 valence electrons. The van der Waals surface area contributed by atoms with Gasteiger partial charge < -0.3 is 20.5 Å². The maximum atomic E-state index is 10.00. The third-order valence-corrected chi connectivity index (χ3v) is 4.87. The van der Waals surface area contributed by atoms with E-state index in [1.165, 1.54) is 44.9 Å². The first-order valence-corrected chi connectivity index (χ1v) is 9.51. The van der Waals surface area contributed by atoms with Crippen molar-refractivity contribution in [3.63, 3.8) is 0 Å². The van der Waals surface area contributed by atoms with Crippen molar-refractivity contribution in [3.05, 3.63) is 0 Å². The van der Waals surface area contributed by atoms with Gasteiger partial charge in [-0.05, 0) is 44.4 Å². The quantitative estimate of drug-likeness (QED) is 0.449. The Morgan fingerprint density at radius 3 is 2.74 bits per heavy atom. The van der Waals surface area contributed by atoms with E-state index in [-0.39, 0.29) is 0 Å². The molecule has 0 bridgehead atoms. The molecular formula is C18H35N3O2. The lowest BCUT2D eigenvalue weighted by molar-refractivity contribution is 0.0368. The summed E-state index contributed by atoms with van der Waals surface area (Å²) in [5, 5.41) is 16.8. The van der Waals surface area contributed by atoms with Gasteiger partial charge in [-0.1, -0.05) is 26.2 Å². The summed E-state index contributed by atoms with van der Waals surface area (Å²) in [5.74, 6) is 2.41. The van der Waals surface area contributed by atoms with Gasteiger partial charge in [0.15, 0.2) is 5.96 Å². The predicted octanol–water partition coefficient (Wildman–Crippen LogP) is 2.30. The van der Waals surface area contributed by atoms with Gasteiger partial charge in [-0.2, -0.15) is 0 Å². The second-order valence-corrected chi connectivity index (χ2v) is 7.14. The zero-order valence-electron chi connectivity index (χ0n) is 14.9. The van der Waals surface area contributed by atoms with Crippen molar-refractivity contribution in [2.75, 3.05) is 26.3 Å². The average molecular weight is 325 g/mol. The van der Waals surface area contributed by atoms with Crippen LogP contribution in [0.1, 0.15) is 58.8 Å². The molecule has 2 rings (SSSR count). The zero-order valence-corrected chi connectivity index (χ0v) is 14.9. The van der Waals surface area contributed by atoms with Crippen LogP contribution in [-0.2, 0) is 4.74 Å². The Balaban J connectivity index is 1.71. The molecule has 0 aliphatic heterocycles. The van der Waals surface area contributed by atoms with Gasteiger partial charge >= 0.3 is 0 Å². The topological polar surface area (TPSA) is 65.9 Å². The van der Waals surface area contributed by atoms with Gasteiger partial charge in [0, 0.05) is 19.2 Å². The van der Waals surface area contributed by atoms with Gasteiger partial charge in [0.1, 0.15) is 0 Å². The minimum Gasteiger partial charge on any atom is -0.389 e. The zero-order chi connectivity index (χ0) is 16.5. The Morgan fingerprint density at radius 1 is 1.22 bits per heavy atom. The molecule has 2 aliphatic carbocycles. The first-order chi connectivity index (χ1) is 11.2. The molecule has 0 aromatic heterocycles. The third kappa shape index (κ3) is 7.53. The fraction of sp³-hybridized carbons (Fsp3) is 0.944. The van der Waals surface area contributed by atoms with Crippen molar-refractivity contribution in [2.45, 2.75) is 70.9 Å². The van der Waals surface area contributed by atoms with E-state index in [1.54, 1.807) is 0 Å². The van der Waals surface area contributed by atoms with Gasteiger partial charge in [0.2, 0.25) is 0 Å². The van der Waals surface area contributed by atoms with E-state index in [0.29, 0.717) is 19.2 Å². The molecule has 0 heterocycles.